The Balaban J connectivity index is 1.62. The van der Waals surface area contributed by atoms with Crippen molar-refractivity contribution in [1.29, 1.82) is 0 Å². The Kier molecular flexibility index (Phi) is 7.72. The van der Waals surface area contributed by atoms with E-state index in [1.807, 2.05) is 72.8 Å². The molecule has 0 aliphatic rings. The summed E-state index contributed by atoms with van der Waals surface area (Å²) in [5, 5.41) is 11.7. The molecule has 0 spiro atoms. The third kappa shape index (κ3) is 6.09. The second-order valence-electron chi connectivity index (χ2n) is 8.95. The molecule has 9 nitrogen and oxygen atoms in total. The number of benzene rings is 3. The van der Waals surface area contributed by atoms with Crippen LogP contribution in [0.5, 0.6) is 0 Å². The molecular weight excluding hydrogens is 524 g/mol. The number of carbonyl (C=O) groups is 1. The van der Waals surface area contributed by atoms with Gasteiger partial charge in [-0.3, -0.25) is 10.5 Å². The van der Waals surface area contributed by atoms with Gasteiger partial charge in [0.25, 0.3) is 0 Å². The molecule has 0 bridgehead atoms. The number of rotatable bonds is 8. The van der Waals surface area contributed by atoms with Gasteiger partial charge in [-0.2, -0.15) is 0 Å². The Labute approximate surface area is 232 Å². The lowest BCUT2D eigenvalue weighted by atomic mass is 10.0. The number of nitrogens with two attached hydrogens (primary N) is 1. The fraction of sp³-hybridized carbons (Fsp3) is 0.100. The summed E-state index contributed by atoms with van der Waals surface area (Å²) in [6.45, 7) is 2.36. The van der Waals surface area contributed by atoms with E-state index in [1.54, 1.807) is 25.1 Å². The van der Waals surface area contributed by atoms with E-state index in [0.717, 1.165) is 16.7 Å². The van der Waals surface area contributed by atoms with Gasteiger partial charge in [-0.05, 0) is 30.5 Å². The monoisotopic (exact) mass is 552 g/mol. The van der Waals surface area contributed by atoms with Crippen molar-refractivity contribution in [2.45, 2.75) is 18.4 Å². The summed E-state index contributed by atoms with van der Waals surface area (Å²) < 4.78 is 17.1. The van der Waals surface area contributed by atoms with E-state index in [1.165, 1.54) is 0 Å². The summed E-state index contributed by atoms with van der Waals surface area (Å²) in [6, 6.07) is 28.3. The van der Waals surface area contributed by atoms with E-state index < -0.39 is 15.8 Å². The van der Waals surface area contributed by atoms with Crippen LogP contribution in [0.2, 0.25) is 0 Å². The molecule has 1 atom stereocenters. The fourth-order valence-electron chi connectivity index (χ4n) is 4.14. The van der Waals surface area contributed by atoms with Gasteiger partial charge in [0.2, 0.25) is 0 Å². The highest BCUT2D eigenvalue weighted by molar-refractivity contribution is 7.98. The maximum atomic E-state index is 12.2. The first kappa shape index (κ1) is 26.8. The van der Waals surface area contributed by atoms with E-state index >= 15 is 0 Å². The molecule has 3 aromatic carbocycles. The summed E-state index contributed by atoms with van der Waals surface area (Å²) in [6.07, 6.45) is -0.619. The van der Waals surface area contributed by atoms with Crippen molar-refractivity contribution in [1.82, 2.24) is 15.0 Å². The van der Waals surface area contributed by atoms with Crippen LogP contribution >= 0.6 is 0 Å². The summed E-state index contributed by atoms with van der Waals surface area (Å²) in [7, 11) is -2.79. The van der Waals surface area contributed by atoms with Crippen LogP contribution < -0.4 is 15.8 Å². The van der Waals surface area contributed by atoms with Crippen molar-refractivity contribution in [2.75, 3.05) is 17.2 Å². The highest BCUT2D eigenvalue weighted by Gasteiger charge is 2.18. The van der Waals surface area contributed by atoms with Crippen molar-refractivity contribution < 1.29 is 13.7 Å². The number of nitrogens with zero attached hydrogens (tertiary/aromatic N) is 3. The molecule has 0 aliphatic carbocycles. The Morgan fingerprint density at radius 3 is 2.08 bits per heavy atom. The molecule has 5 rings (SSSR count). The normalized spacial score (nSPS) is 12.4. The van der Waals surface area contributed by atoms with Gasteiger partial charge in [0, 0.05) is 28.6 Å². The molecule has 0 fully saturated rings. The van der Waals surface area contributed by atoms with E-state index in [9.17, 15) is 9.00 Å². The van der Waals surface area contributed by atoms with Crippen molar-refractivity contribution in [3.63, 3.8) is 0 Å². The summed E-state index contributed by atoms with van der Waals surface area (Å²) in [5.41, 5.74) is 5.58. The highest BCUT2D eigenvalue weighted by Crippen LogP contribution is 2.33. The maximum absolute atomic E-state index is 12.2. The predicted molar refractivity (Wildman–Crippen MR) is 160 cm³/mol. The highest BCUT2D eigenvalue weighted by atomic mass is 32.2. The zero-order chi connectivity index (χ0) is 28.1. The molecule has 1 unspecified atom stereocenters. The van der Waals surface area contributed by atoms with Crippen molar-refractivity contribution >= 4 is 44.3 Å². The van der Waals surface area contributed by atoms with Crippen LogP contribution in [-0.2, 0) is 21.0 Å². The quantitative estimate of drug-likeness (QED) is 0.217. The van der Waals surface area contributed by atoms with Crippen LogP contribution in [-0.4, -0.2) is 37.7 Å². The Bertz CT molecular complexity index is 1760. The average Bonchev–Trinajstić information content (AvgIpc) is 2.96. The first-order chi connectivity index (χ1) is 19.3. The van der Waals surface area contributed by atoms with E-state index in [-0.39, 0.29) is 12.4 Å². The van der Waals surface area contributed by atoms with E-state index in [0.29, 0.717) is 39.7 Å². The lowest BCUT2D eigenvalue weighted by Crippen LogP contribution is -2.15. The molecular formula is C30H28N6O3S. The van der Waals surface area contributed by atoms with Crippen LogP contribution in [0.15, 0.2) is 95.9 Å². The topological polar surface area (TPSA) is 132 Å². The second-order valence-corrected chi connectivity index (χ2v) is 10.9. The number of nitrogens with one attached hydrogen (secondary N) is 2. The fourth-order valence-corrected chi connectivity index (χ4v) is 4.73. The summed E-state index contributed by atoms with van der Waals surface area (Å²) >= 11 is 0. The number of aromatic nitrogens is 3. The minimum absolute atomic E-state index is 0.224. The molecule has 0 saturated heterocycles. The van der Waals surface area contributed by atoms with Gasteiger partial charge >= 0.3 is 6.09 Å². The number of ether oxygens (including phenoxy) is 1. The Morgan fingerprint density at radius 2 is 1.50 bits per heavy atom. The molecule has 202 valence electrons. The lowest BCUT2D eigenvalue weighted by molar-refractivity contribution is 0.168. The van der Waals surface area contributed by atoms with Crippen molar-refractivity contribution in [3.05, 3.63) is 96.6 Å². The number of carbonyl (C=O) groups excluding carboxylic acids is 1. The molecule has 0 radical (unpaired) electrons. The van der Waals surface area contributed by atoms with Crippen LogP contribution in [0.1, 0.15) is 12.5 Å². The first-order valence-electron chi connectivity index (χ1n) is 12.6. The standard InChI is InChI=1S/C30H28N6O3S/c1-3-39-30(37)34-25-18-24(32-19-20-14-16-23(17-15-20)40(2,31)38)28-29(33-25)36-27(22-12-8-5-9-13-22)26(35-28)21-10-6-4-7-11-21/h4-18H,2-3,19H2,1H3,(H2,31,38)(H2,32,33,34,36,37). The van der Waals surface area contributed by atoms with Gasteiger partial charge in [0.1, 0.15) is 11.3 Å². The minimum atomic E-state index is -2.79. The molecule has 5 aromatic rings. The Morgan fingerprint density at radius 1 is 0.900 bits per heavy atom. The third-order valence-electron chi connectivity index (χ3n) is 6.05. The number of amides is 1. The van der Waals surface area contributed by atoms with Crippen LogP contribution in [0.4, 0.5) is 16.3 Å². The number of pyridine rings is 1. The molecule has 4 N–H and O–H groups in total. The van der Waals surface area contributed by atoms with Crippen molar-refractivity contribution in [3.8, 4) is 22.5 Å². The van der Waals surface area contributed by atoms with Gasteiger partial charge < -0.3 is 10.1 Å². The predicted octanol–water partition coefficient (Wildman–Crippen LogP) is 5.49. The van der Waals surface area contributed by atoms with Gasteiger partial charge in [-0.15, -0.1) is 0 Å². The largest absolute Gasteiger partial charge is 0.450 e. The van der Waals surface area contributed by atoms with Gasteiger partial charge in [0.05, 0.1) is 33.4 Å². The van der Waals surface area contributed by atoms with Crippen molar-refractivity contribution in [2.24, 2.45) is 5.14 Å². The van der Waals surface area contributed by atoms with Gasteiger partial charge in [0.15, 0.2) is 5.65 Å². The number of fused-ring (bicyclic) bond motifs is 1. The molecule has 2 aromatic heterocycles. The van der Waals surface area contributed by atoms with Crippen LogP contribution in [0.25, 0.3) is 33.7 Å². The zero-order valence-corrected chi connectivity index (χ0v) is 22.7. The smallest absolute Gasteiger partial charge is 0.412 e. The molecule has 2 heterocycles. The first-order valence-corrected chi connectivity index (χ1v) is 14.4. The van der Waals surface area contributed by atoms with Crippen LogP contribution in [0.3, 0.4) is 0 Å². The minimum Gasteiger partial charge on any atom is -0.450 e. The molecule has 10 heteroatoms. The van der Waals surface area contributed by atoms with Gasteiger partial charge in [-0.25, -0.2) is 24.0 Å². The Hall–Kier alpha value is -4.80. The average molecular weight is 553 g/mol. The van der Waals surface area contributed by atoms with E-state index in [4.69, 9.17) is 19.8 Å². The SMILES string of the molecule is C=S(N)(=O)c1ccc(CNc2cc(NC(=O)OCC)nc3nc(-c4ccccc4)c(-c4ccccc4)nc23)cc1. The molecule has 40 heavy (non-hydrogen) atoms. The summed E-state index contributed by atoms with van der Waals surface area (Å²) in [4.78, 5) is 27.3. The molecule has 0 saturated carbocycles. The molecule has 0 aliphatic heterocycles. The summed E-state index contributed by atoms with van der Waals surface area (Å²) in [5.74, 6) is 3.80. The number of anilines is 2. The third-order valence-corrected chi connectivity index (χ3v) is 7.12. The number of hydrogen-bond donors (Lipinski definition) is 3. The second kappa shape index (κ2) is 11.5. The van der Waals surface area contributed by atoms with Gasteiger partial charge in [-0.1, -0.05) is 72.8 Å². The molecule has 1 amide bonds. The lowest BCUT2D eigenvalue weighted by Gasteiger charge is -2.15. The van der Waals surface area contributed by atoms with Crippen LogP contribution in [0, 0.1) is 0 Å². The van der Waals surface area contributed by atoms with E-state index in [2.05, 4.69) is 21.5 Å². The maximum Gasteiger partial charge on any atom is 0.412 e. The zero-order valence-electron chi connectivity index (χ0n) is 21.8. The number of hydrogen-bond acceptors (Lipinski definition) is 7.